The molecule has 126 valence electrons. The largest absolute Gasteiger partial charge is 0.443 e. The van der Waals surface area contributed by atoms with Gasteiger partial charge in [-0.1, -0.05) is 0 Å². The summed E-state index contributed by atoms with van der Waals surface area (Å²) in [5.41, 5.74) is 0.342. The Morgan fingerprint density at radius 3 is 2.62 bits per heavy atom. The van der Waals surface area contributed by atoms with Crippen molar-refractivity contribution in [3.63, 3.8) is 0 Å². The van der Waals surface area contributed by atoms with Gasteiger partial charge < -0.3 is 9.32 Å². The summed E-state index contributed by atoms with van der Waals surface area (Å²) in [5, 5.41) is 9.50. The second-order valence-electron chi connectivity index (χ2n) is 5.89. The lowest BCUT2D eigenvalue weighted by molar-refractivity contribution is 0.0745. The third-order valence-electron chi connectivity index (χ3n) is 4.31. The standard InChI is InChI=1S/C16H17N3O4S/c1-11-14(13(9-17)16(23-11)19-6-3-4-7-19)15(20)18(2)12-5-8-24(21,22)10-12/h3-4,6-7,12H,5,8,10H2,1-2H3/t12-/m0/s1. The minimum Gasteiger partial charge on any atom is -0.443 e. The molecule has 0 aliphatic carbocycles. The molecule has 0 bridgehead atoms. The third kappa shape index (κ3) is 2.71. The van der Waals surface area contributed by atoms with Gasteiger partial charge in [0.1, 0.15) is 23.0 Å². The Balaban J connectivity index is 1.97. The molecule has 2 aromatic rings. The molecule has 0 radical (unpaired) electrons. The van der Waals surface area contributed by atoms with Crippen molar-refractivity contribution >= 4 is 15.7 Å². The number of hydrogen-bond donors (Lipinski definition) is 0. The quantitative estimate of drug-likeness (QED) is 0.838. The second-order valence-corrected chi connectivity index (χ2v) is 8.12. The molecule has 1 aliphatic rings. The SMILES string of the molecule is Cc1oc(-n2cccc2)c(C#N)c1C(=O)N(C)[C@H]1CCS(=O)(=O)C1. The van der Waals surface area contributed by atoms with Gasteiger partial charge in [-0.25, -0.2) is 8.42 Å². The van der Waals surface area contributed by atoms with Crippen LogP contribution in [-0.2, 0) is 9.84 Å². The van der Waals surface area contributed by atoms with Crippen LogP contribution in [0.3, 0.4) is 0 Å². The van der Waals surface area contributed by atoms with E-state index in [1.165, 1.54) is 4.90 Å². The van der Waals surface area contributed by atoms with E-state index in [2.05, 4.69) is 0 Å². The molecular formula is C16H17N3O4S. The van der Waals surface area contributed by atoms with Crippen LogP contribution in [0.4, 0.5) is 0 Å². The Bertz CT molecular complexity index is 919. The van der Waals surface area contributed by atoms with E-state index in [0.29, 0.717) is 12.2 Å². The summed E-state index contributed by atoms with van der Waals surface area (Å²) in [7, 11) is -1.53. The molecule has 1 atom stereocenters. The summed E-state index contributed by atoms with van der Waals surface area (Å²) in [6.07, 6.45) is 3.86. The molecule has 0 unspecified atom stereocenters. The van der Waals surface area contributed by atoms with Gasteiger partial charge in [0.2, 0.25) is 5.88 Å². The van der Waals surface area contributed by atoms with E-state index >= 15 is 0 Å². The highest BCUT2D eigenvalue weighted by atomic mass is 32.2. The first-order valence-corrected chi connectivity index (χ1v) is 9.30. The number of nitrogens with zero attached hydrogens (tertiary/aromatic N) is 3. The minimum atomic E-state index is -3.10. The fourth-order valence-electron chi connectivity index (χ4n) is 2.97. The lowest BCUT2D eigenvalue weighted by Crippen LogP contribution is -2.38. The fourth-order valence-corrected chi connectivity index (χ4v) is 4.74. The lowest BCUT2D eigenvalue weighted by atomic mass is 10.1. The van der Waals surface area contributed by atoms with Crippen molar-refractivity contribution in [1.29, 1.82) is 5.26 Å². The zero-order valence-electron chi connectivity index (χ0n) is 13.4. The van der Waals surface area contributed by atoms with Crippen LogP contribution < -0.4 is 0 Å². The number of carbonyl (C=O) groups excluding carboxylic acids is 1. The zero-order chi connectivity index (χ0) is 17.5. The molecule has 0 saturated carbocycles. The predicted octanol–water partition coefficient (Wildman–Crippen LogP) is 1.51. The Morgan fingerprint density at radius 1 is 1.42 bits per heavy atom. The van der Waals surface area contributed by atoms with Crippen LogP contribution in [0.2, 0.25) is 0 Å². The van der Waals surface area contributed by atoms with Gasteiger partial charge in [0, 0.05) is 25.5 Å². The fraction of sp³-hybridized carbons (Fsp3) is 0.375. The maximum absolute atomic E-state index is 12.8. The predicted molar refractivity (Wildman–Crippen MR) is 86.6 cm³/mol. The van der Waals surface area contributed by atoms with Gasteiger partial charge in [-0.2, -0.15) is 5.26 Å². The summed E-state index contributed by atoms with van der Waals surface area (Å²) in [5.74, 6) is 0.273. The Kier molecular flexibility index (Phi) is 3.97. The van der Waals surface area contributed by atoms with Crippen LogP contribution in [-0.4, -0.2) is 48.4 Å². The molecule has 1 fully saturated rings. The van der Waals surface area contributed by atoms with Crippen LogP contribution >= 0.6 is 0 Å². The summed E-state index contributed by atoms with van der Waals surface area (Å²) in [6, 6.07) is 5.23. The average molecular weight is 347 g/mol. The summed E-state index contributed by atoms with van der Waals surface area (Å²) in [4.78, 5) is 14.2. The van der Waals surface area contributed by atoms with Gasteiger partial charge in [0.25, 0.3) is 5.91 Å². The smallest absolute Gasteiger partial charge is 0.258 e. The Morgan fingerprint density at radius 2 is 2.08 bits per heavy atom. The Hall–Kier alpha value is -2.53. The maximum atomic E-state index is 12.8. The van der Waals surface area contributed by atoms with Gasteiger partial charge in [0.15, 0.2) is 9.84 Å². The van der Waals surface area contributed by atoms with E-state index in [4.69, 9.17) is 4.42 Å². The van der Waals surface area contributed by atoms with E-state index in [9.17, 15) is 18.5 Å². The lowest BCUT2D eigenvalue weighted by Gasteiger charge is -2.23. The number of furan rings is 1. The highest BCUT2D eigenvalue weighted by Gasteiger charge is 2.35. The first-order chi connectivity index (χ1) is 11.3. The topological polar surface area (TPSA) is 96.3 Å². The van der Waals surface area contributed by atoms with Crippen molar-refractivity contribution < 1.29 is 17.6 Å². The normalized spacial score (nSPS) is 19.1. The van der Waals surface area contributed by atoms with E-state index in [1.807, 2.05) is 6.07 Å². The van der Waals surface area contributed by atoms with Crippen molar-refractivity contribution in [2.75, 3.05) is 18.6 Å². The van der Waals surface area contributed by atoms with Crippen LogP contribution in [0.1, 0.15) is 28.1 Å². The molecule has 0 spiro atoms. The maximum Gasteiger partial charge on any atom is 0.258 e. The van der Waals surface area contributed by atoms with E-state index in [0.717, 1.165) is 0 Å². The first kappa shape index (κ1) is 16.3. The number of aryl methyl sites for hydroxylation is 1. The highest BCUT2D eigenvalue weighted by Crippen LogP contribution is 2.28. The molecule has 1 saturated heterocycles. The molecule has 24 heavy (non-hydrogen) atoms. The van der Waals surface area contributed by atoms with Gasteiger partial charge in [-0.15, -0.1) is 0 Å². The van der Waals surface area contributed by atoms with Crippen LogP contribution in [0.15, 0.2) is 28.9 Å². The van der Waals surface area contributed by atoms with Crippen molar-refractivity contribution in [2.24, 2.45) is 0 Å². The molecule has 0 aromatic carbocycles. The van der Waals surface area contributed by atoms with Crippen molar-refractivity contribution in [2.45, 2.75) is 19.4 Å². The molecule has 0 N–H and O–H groups in total. The molecule has 3 rings (SSSR count). The van der Waals surface area contributed by atoms with Crippen LogP contribution in [0, 0.1) is 18.3 Å². The molecule has 2 aromatic heterocycles. The number of amides is 1. The van der Waals surface area contributed by atoms with E-state index < -0.39 is 15.7 Å². The zero-order valence-corrected chi connectivity index (χ0v) is 14.2. The van der Waals surface area contributed by atoms with E-state index in [-0.39, 0.29) is 34.6 Å². The average Bonchev–Trinajstić information content (AvgIpc) is 3.23. The molecular weight excluding hydrogens is 330 g/mol. The highest BCUT2D eigenvalue weighted by molar-refractivity contribution is 7.91. The van der Waals surface area contributed by atoms with Gasteiger partial charge in [-0.3, -0.25) is 9.36 Å². The molecule has 3 heterocycles. The first-order valence-electron chi connectivity index (χ1n) is 7.48. The number of rotatable bonds is 3. The second kappa shape index (κ2) is 5.83. The summed E-state index contributed by atoms with van der Waals surface area (Å²) >= 11 is 0. The monoisotopic (exact) mass is 347 g/mol. The van der Waals surface area contributed by atoms with Gasteiger partial charge in [-0.05, 0) is 25.5 Å². The Labute approximate surface area is 140 Å². The van der Waals surface area contributed by atoms with Crippen LogP contribution in [0.5, 0.6) is 0 Å². The molecule has 8 heteroatoms. The van der Waals surface area contributed by atoms with Crippen LogP contribution in [0.25, 0.3) is 5.88 Å². The summed E-state index contributed by atoms with van der Waals surface area (Å²) in [6.45, 7) is 1.63. The molecule has 1 amide bonds. The number of aromatic nitrogens is 1. The summed E-state index contributed by atoms with van der Waals surface area (Å²) < 4.78 is 30.5. The number of sulfone groups is 1. The van der Waals surface area contributed by atoms with E-state index in [1.54, 1.807) is 43.1 Å². The third-order valence-corrected chi connectivity index (χ3v) is 6.06. The number of hydrogen-bond acceptors (Lipinski definition) is 5. The number of carbonyl (C=O) groups is 1. The molecule has 7 nitrogen and oxygen atoms in total. The molecule has 1 aliphatic heterocycles. The van der Waals surface area contributed by atoms with Crippen molar-refractivity contribution in [3.8, 4) is 12.0 Å². The minimum absolute atomic E-state index is 0.0432. The van der Waals surface area contributed by atoms with Crippen molar-refractivity contribution in [3.05, 3.63) is 41.4 Å². The number of nitriles is 1. The van der Waals surface area contributed by atoms with Gasteiger partial charge in [0.05, 0.1) is 11.5 Å². The van der Waals surface area contributed by atoms with Crippen molar-refractivity contribution in [1.82, 2.24) is 9.47 Å². The van der Waals surface area contributed by atoms with Gasteiger partial charge >= 0.3 is 0 Å².